The fraction of sp³-hybridized carbons (Fsp3) is 0.391. The summed E-state index contributed by atoms with van der Waals surface area (Å²) >= 11 is 0. The summed E-state index contributed by atoms with van der Waals surface area (Å²) in [7, 11) is 0. The molecule has 1 radical (unpaired) electrons. The maximum absolute atomic E-state index is 4.92. The van der Waals surface area contributed by atoms with Crippen molar-refractivity contribution < 1.29 is 20.1 Å². The number of rotatable bonds is 0. The maximum atomic E-state index is 4.92. The molecule has 2 atom stereocenters. The number of pyridine rings is 2. The summed E-state index contributed by atoms with van der Waals surface area (Å²) in [6.07, 6.45) is 8.09. The SMILES string of the molecule is CC(C)(C)c1cc2c(cn1)nc1c3[c-]c4c(cc3ccn21)C1CCC4C1.[Ir]. The first-order chi connectivity index (χ1) is 12.5. The molecule has 3 aromatic heterocycles. The molecule has 1 aromatic carbocycles. The van der Waals surface area contributed by atoms with Gasteiger partial charge < -0.3 is 4.40 Å². The maximum Gasteiger partial charge on any atom is 0.0957 e. The van der Waals surface area contributed by atoms with Crippen molar-refractivity contribution in [3.05, 3.63) is 53.5 Å². The third-order valence-corrected chi connectivity index (χ3v) is 6.42. The second kappa shape index (κ2) is 5.62. The number of hydrogen-bond donors (Lipinski definition) is 0. The van der Waals surface area contributed by atoms with Gasteiger partial charge in [-0.25, -0.2) is 0 Å². The Morgan fingerprint density at radius 3 is 2.78 bits per heavy atom. The first-order valence-electron chi connectivity index (χ1n) is 9.66. The monoisotopic (exact) mass is 533 g/mol. The van der Waals surface area contributed by atoms with Crippen LogP contribution in [-0.4, -0.2) is 14.4 Å². The third kappa shape index (κ3) is 2.36. The molecule has 4 aromatic rings. The van der Waals surface area contributed by atoms with Crippen molar-refractivity contribution in [3.63, 3.8) is 0 Å². The van der Waals surface area contributed by atoms with Crippen molar-refractivity contribution in [2.45, 2.75) is 57.3 Å². The predicted octanol–water partition coefficient (Wildman–Crippen LogP) is 5.50. The average Bonchev–Trinajstić information content (AvgIpc) is 3.31. The molecule has 2 unspecified atom stereocenters. The molecule has 27 heavy (non-hydrogen) atoms. The van der Waals surface area contributed by atoms with Crippen LogP contribution in [0.4, 0.5) is 0 Å². The van der Waals surface area contributed by atoms with Gasteiger partial charge in [-0.05, 0) is 36.9 Å². The standard InChI is InChI=1S/C23H22N3.Ir/c1-23(2,3)21-11-20-19(12-24-21)25-22-18-10-17-14-5-4-13(8-14)16(17)9-15(18)6-7-26(20)22;/h6-7,9,11-14H,4-5,8H2,1-3H3;/q-1;. The van der Waals surface area contributed by atoms with Crippen LogP contribution < -0.4 is 0 Å². The first-order valence-corrected chi connectivity index (χ1v) is 9.66. The van der Waals surface area contributed by atoms with Gasteiger partial charge in [0.15, 0.2) is 0 Å². The number of benzene rings is 1. The number of nitrogens with zero attached hydrogens (tertiary/aromatic N) is 3. The van der Waals surface area contributed by atoms with Gasteiger partial charge in [-0.1, -0.05) is 33.3 Å². The number of imidazole rings is 1. The summed E-state index contributed by atoms with van der Waals surface area (Å²) < 4.78 is 2.21. The van der Waals surface area contributed by atoms with E-state index in [4.69, 9.17) is 4.98 Å². The van der Waals surface area contributed by atoms with Crippen LogP contribution in [0.15, 0.2) is 30.6 Å². The van der Waals surface area contributed by atoms with Gasteiger partial charge in [-0.3, -0.25) is 9.97 Å². The third-order valence-electron chi connectivity index (χ3n) is 6.42. The van der Waals surface area contributed by atoms with Crippen molar-refractivity contribution >= 4 is 27.5 Å². The minimum absolute atomic E-state index is 0. The number of aromatic nitrogens is 3. The molecule has 1 saturated carbocycles. The van der Waals surface area contributed by atoms with Gasteiger partial charge in [0.2, 0.25) is 0 Å². The second-order valence-corrected chi connectivity index (χ2v) is 9.11. The van der Waals surface area contributed by atoms with Crippen molar-refractivity contribution in [2.24, 2.45) is 0 Å². The van der Waals surface area contributed by atoms with E-state index in [1.54, 1.807) is 5.56 Å². The first kappa shape index (κ1) is 17.3. The molecule has 3 heterocycles. The Balaban J connectivity index is 0.00000160. The summed E-state index contributed by atoms with van der Waals surface area (Å²) in [5.41, 5.74) is 7.24. The zero-order valence-corrected chi connectivity index (χ0v) is 18.2. The van der Waals surface area contributed by atoms with Crippen LogP contribution in [0.1, 0.15) is 68.7 Å². The summed E-state index contributed by atoms with van der Waals surface area (Å²) in [6, 6.07) is 10.6. The Morgan fingerprint density at radius 1 is 1.15 bits per heavy atom. The number of hydrogen-bond acceptors (Lipinski definition) is 2. The van der Waals surface area contributed by atoms with Crippen LogP contribution in [0.25, 0.3) is 27.5 Å². The molecule has 4 heteroatoms. The van der Waals surface area contributed by atoms with E-state index in [2.05, 4.69) is 60.6 Å². The van der Waals surface area contributed by atoms with E-state index in [9.17, 15) is 0 Å². The van der Waals surface area contributed by atoms with E-state index in [-0.39, 0.29) is 25.5 Å². The minimum atomic E-state index is 0. The van der Waals surface area contributed by atoms with Gasteiger partial charge in [0.05, 0.1) is 22.9 Å². The van der Waals surface area contributed by atoms with Crippen LogP contribution in [0.5, 0.6) is 0 Å². The molecular weight excluding hydrogens is 510 g/mol. The van der Waals surface area contributed by atoms with Gasteiger partial charge in [-0.15, -0.1) is 34.0 Å². The normalized spacial score (nSPS) is 21.1. The molecule has 139 valence electrons. The minimum Gasteiger partial charge on any atom is -0.340 e. The van der Waals surface area contributed by atoms with Crippen LogP contribution in [-0.2, 0) is 25.5 Å². The molecule has 2 aliphatic carbocycles. The molecule has 2 bridgehead atoms. The Hall–Kier alpha value is -1.77. The topological polar surface area (TPSA) is 30.2 Å². The summed E-state index contributed by atoms with van der Waals surface area (Å²) in [4.78, 5) is 9.58. The van der Waals surface area contributed by atoms with E-state index in [0.717, 1.165) is 39.6 Å². The van der Waals surface area contributed by atoms with E-state index in [1.807, 2.05) is 6.20 Å². The molecule has 1 fully saturated rings. The average molecular weight is 533 g/mol. The van der Waals surface area contributed by atoms with Gasteiger partial charge >= 0.3 is 0 Å². The Kier molecular flexibility index (Phi) is 3.61. The quantitative estimate of drug-likeness (QED) is 0.280. The Labute approximate surface area is 172 Å². The summed E-state index contributed by atoms with van der Waals surface area (Å²) in [5, 5.41) is 2.43. The Bertz CT molecular complexity index is 1220. The summed E-state index contributed by atoms with van der Waals surface area (Å²) in [5.74, 6) is 1.49. The largest absolute Gasteiger partial charge is 0.340 e. The number of fused-ring (bicyclic) bond motifs is 10. The van der Waals surface area contributed by atoms with Crippen molar-refractivity contribution in [2.75, 3.05) is 0 Å². The molecule has 3 nitrogen and oxygen atoms in total. The van der Waals surface area contributed by atoms with Crippen molar-refractivity contribution in [3.8, 4) is 0 Å². The second-order valence-electron chi connectivity index (χ2n) is 9.11. The molecule has 0 spiro atoms. The fourth-order valence-electron chi connectivity index (χ4n) is 5.01. The van der Waals surface area contributed by atoms with Crippen LogP contribution in [0, 0.1) is 6.07 Å². The van der Waals surface area contributed by atoms with E-state index >= 15 is 0 Å². The zero-order chi connectivity index (χ0) is 17.6. The van der Waals surface area contributed by atoms with Gasteiger partial charge in [0.1, 0.15) is 0 Å². The predicted molar refractivity (Wildman–Crippen MR) is 105 cm³/mol. The molecule has 0 N–H and O–H groups in total. The molecule has 0 amide bonds. The smallest absolute Gasteiger partial charge is 0.0957 e. The van der Waals surface area contributed by atoms with Crippen molar-refractivity contribution in [1.29, 1.82) is 0 Å². The van der Waals surface area contributed by atoms with Gasteiger partial charge in [0.25, 0.3) is 0 Å². The fourth-order valence-corrected chi connectivity index (χ4v) is 5.01. The molecule has 0 aliphatic heterocycles. The van der Waals surface area contributed by atoms with Gasteiger partial charge in [0, 0.05) is 31.2 Å². The molecule has 0 saturated heterocycles. The Morgan fingerprint density at radius 2 is 1.96 bits per heavy atom. The van der Waals surface area contributed by atoms with Gasteiger partial charge in [-0.2, -0.15) is 0 Å². The molecular formula is C23H22IrN3-. The molecule has 2 aliphatic rings. The van der Waals surface area contributed by atoms with Crippen molar-refractivity contribution in [1.82, 2.24) is 14.4 Å². The van der Waals surface area contributed by atoms with Crippen LogP contribution in [0.3, 0.4) is 0 Å². The van der Waals surface area contributed by atoms with Crippen LogP contribution >= 0.6 is 0 Å². The summed E-state index contributed by atoms with van der Waals surface area (Å²) in [6.45, 7) is 6.60. The zero-order valence-electron chi connectivity index (χ0n) is 15.8. The van der Waals surface area contributed by atoms with Crippen LogP contribution in [0.2, 0.25) is 0 Å². The van der Waals surface area contributed by atoms with E-state index in [1.165, 1.54) is 30.2 Å². The van der Waals surface area contributed by atoms with E-state index < -0.39 is 0 Å². The molecule has 6 rings (SSSR count). The van der Waals surface area contributed by atoms with E-state index in [0.29, 0.717) is 0 Å².